The molecule has 0 saturated carbocycles. The van der Waals surface area contributed by atoms with E-state index in [1.54, 1.807) is 0 Å². The molecule has 7 nitrogen and oxygen atoms in total. The zero-order chi connectivity index (χ0) is 15.4. The molecule has 1 amide bonds. The highest BCUT2D eigenvalue weighted by molar-refractivity contribution is 7.18. The molecule has 0 bridgehead atoms. The van der Waals surface area contributed by atoms with Crippen molar-refractivity contribution in [3.8, 4) is 0 Å². The quantitative estimate of drug-likeness (QED) is 0.737. The third-order valence-electron chi connectivity index (χ3n) is 3.10. The van der Waals surface area contributed by atoms with Crippen molar-refractivity contribution in [2.45, 2.75) is 26.0 Å². The number of rotatable bonds is 5. The molecule has 1 fully saturated rings. The number of anilines is 2. The van der Waals surface area contributed by atoms with E-state index in [0.717, 1.165) is 13.1 Å². The molecule has 2 rings (SSSR count). The third-order valence-corrected chi connectivity index (χ3v) is 4.11. The van der Waals surface area contributed by atoms with Gasteiger partial charge in [0, 0.05) is 25.7 Å². The lowest BCUT2D eigenvalue weighted by molar-refractivity contribution is -0.0174. The number of thiazole rings is 1. The molecule has 0 aromatic carbocycles. The van der Waals surface area contributed by atoms with Crippen LogP contribution >= 0.6 is 11.3 Å². The number of carbonyl (C=O) groups is 1. The standard InChI is InChI=1S/C13H23N5O2S/c1-8(2)16-13-17-11(14)10(21-13)12(19)15-6-9-7-18(3)4-5-20-9/h8-9H,4-7,14H2,1-3H3,(H,15,19)(H,16,17). The molecule has 4 N–H and O–H groups in total. The van der Waals surface area contributed by atoms with Crippen molar-refractivity contribution in [2.75, 3.05) is 44.3 Å². The Morgan fingerprint density at radius 1 is 1.62 bits per heavy atom. The number of ether oxygens (including phenoxy) is 1. The second-order valence-corrected chi connectivity index (χ2v) is 6.50. The third kappa shape index (κ3) is 4.55. The lowest BCUT2D eigenvalue weighted by Gasteiger charge is -2.30. The van der Waals surface area contributed by atoms with Crippen LogP contribution in [0.3, 0.4) is 0 Å². The van der Waals surface area contributed by atoms with E-state index in [1.165, 1.54) is 11.3 Å². The van der Waals surface area contributed by atoms with E-state index < -0.39 is 0 Å². The van der Waals surface area contributed by atoms with Crippen LogP contribution in [0.15, 0.2) is 0 Å². The monoisotopic (exact) mass is 313 g/mol. The van der Waals surface area contributed by atoms with Gasteiger partial charge in [0.1, 0.15) is 10.7 Å². The zero-order valence-corrected chi connectivity index (χ0v) is 13.5. The Morgan fingerprint density at radius 3 is 3.05 bits per heavy atom. The maximum Gasteiger partial charge on any atom is 0.265 e. The van der Waals surface area contributed by atoms with Gasteiger partial charge in [0.25, 0.3) is 5.91 Å². The molecular weight excluding hydrogens is 290 g/mol. The molecule has 8 heteroatoms. The van der Waals surface area contributed by atoms with Crippen LogP contribution < -0.4 is 16.4 Å². The summed E-state index contributed by atoms with van der Waals surface area (Å²) in [6.07, 6.45) is 0.0232. The summed E-state index contributed by atoms with van der Waals surface area (Å²) in [6.45, 7) is 6.94. The van der Waals surface area contributed by atoms with Crippen LogP contribution in [-0.4, -0.2) is 61.2 Å². The second kappa shape index (κ2) is 7.06. The van der Waals surface area contributed by atoms with E-state index in [4.69, 9.17) is 10.5 Å². The van der Waals surface area contributed by atoms with Gasteiger partial charge in [-0.15, -0.1) is 0 Å². The Bertz CT molecular complexity index is 491. The van der Waals surface area contributed by atoms with E-state index in [2.05, 4.69) is 20.5 Å². The molecule has 2 heterocycles. The van der Waals surface area contributed by atoms with Crippen LogP contribution in [0.5, 0.6) is 0 Å². The minimum absolute atomic E-state index is 0.0232. The minimum Gasteiger partial charge on any atom is -0.382 e. The first-order valence-corrected chi connectivity index (χ1v) is 7.88. The van der Waals surface area contributed by atoms with E-state index in [1.807, 2.05) is 20.9 Å². The highest BCUT2D eigenvalue weighted by atomic mass is 32.1. The highest BCUT2D eigenvalue weighted by Gasteiger charge is 2.21. The fourth-order valence-electron chi connectivity index (χ4n) is 2.08. The molecule has 0 radical (unpaired) electrons. The molecule has 1 aliphatic rings. The zero-order valence-electron chi connectivity index (χ0n) is 12.7. The number of nitrogens with one attached hydrogen (secondary N) is 2. The Labute approximate surface area is 128 Å². The number of nitrogens with two attached hydrogens (primary N) is 1. The Hall–Kier alpha value is -1.38. The summed E-state index contributed by atoms with van der Waals surface area (Å²) in [5.74, 6) is 0.0703. The lowest BCUT2D eigenvalue weighted by atomic mass is 10.3. The normalized spacial score (nSPS) is 19.7. The maximum absolute atomic E-state index is 12.2. The van der Waals surface area contributed by atoms with Gasteiger partial charge in [-0.1, -0.05) is 11.3 Å². The summed E-state index contributed by atoms with van der Waals surface area (Å²) in [6, 6.07) is 0.248. The SMILES string of the molecule is CC(C)Nc1nc(N)c(C(=O)NCC2CN(C)CCO2)s1. The number of nitrogen functional groups attached to an aromatic ring is 1. The number of carbonyl (C=O) groups excluding carboxylic acids is 1. The van der Waals surface area contributed by atoms with Crippen molar-refractivity contribution in [1.82, 2.24) is 15.2 Å². The van der Waals surface area contributed by atoms with E-state index in [-0.39, 0.29) is 23.9 Å². The number of hydrogen-bond donors (Lipinski definition) is 3. The number of hydrogen-bond acceptors (Lipinski definition) is 7. The van der Waals surface area contributed by atoms with Crippen molar-refractivity contribution in [2.24, 2.45) is 0 Å². The van der Waals surface area contributed by atoms with E-state index in [0.29, 0.717) is 23.2 Å². The molecule has 118 valence electrons. The number of nitrogens with zero attached hydrogens (tertiary/aromatic N) is 2. The van der Waals surface area contributed by atoms with Crippen molar-refractivity contribution < 1.29 is 9.53 Å². The largest absolute Gasteiger partial charge is 0.382 e. The number of likely N-dealkylation sites (N-methyl/N-ethyl adjacent to an activating group) is 1. The molecule has 0 spiro atoms. The Balaban J connectivity index is 1.89. The summed E-state index contributed by atoms with van der Waals surface area (Å²) in [5, 5.41) is 6.68. The summed E-state index contributed by atoms with van der Waals surface area (Å²) >= 11 is 1.27. The predicted molar refractivity (Wildman–Crippen MR) is 84.9 cm³/mol. The van der Waals surface area contributed by atoms with Crippen LogP contribution in [0.1, 0.15) is 23.5 Å². The van der Waals surface area contributed by atoms with Crippen molar-refractivity contribution in [3.63, 3.8) is 0 Å². The molecular formula is C13H23N5O2S. The summed E-state index contributed by atoms with van der Waals surface area (Å²) in [5.41, 5.74) is 5.81. The number of morpholine rings is 1. The van der Waals surface area contributed by atoms with Gasteiger partial charge in [-0.05, 0) is 20.9 Å². The smallest absolute Gasteiger partial charge is 0.265 e. The molecule has 1 aromatic rings. The second-order valence-electron chi connectivity index (χ2n) is 5.50. The fraction of sp³-hybridized carbons (Fsp3) is 0.692. The first-order valence-electron chi connectivity index (χ1n) is 7.07. The first kappa shape index (κ1) is 16.0. The first-order chi connectivity index (χ1) is 9.95. The van der Waals surface area contributed by atoms with Crippen molar-refractivity contribution in [3.05, 3.63) is 4.88 Å². The topological polar surface area (TPSA) is 92.5 Å². The van der Waals surface area contributed by atoms with Crippen molar-refractivity contribution >= 4 is 28.2 Å². The number of aromatic nitrogens is 1. The predicted octanol–water partition coefficient (Wildman–Crippen LogP) is 0.606. The van der Waals surface area contributed by atoms with Crippen molar-refractivity contribution in [1.29, 1.82) is 0 Å². The van der Waals surface area contributed by atoms with Gasteiger partial charge in [-0.25, -0.2) is 4.98 Å². The van der Waals surface area contributed by atoms with Crippen LogP contribution in [0.4, 0.5) is 10.9 Å². The number of amides is 1. The molecule has 1 aliphatic heterocycles. The lowest BCUT2D eigenvalue weighted by Crippen LogP contribution is -2.45. The Kier molecular flexibility index (Phi) is 5.38. The molecule has 0 aliphatic carbocycles. The highest BCUT2D eigenvalue weighted by Crippen LogP contribution is 2.25. The molecule has 1 saturated heterocycles. The summed E-state index contributed by atoms with van der Waals surface area (Å²) < 4.78 is 5.61. The van der Waals surface area contributed by atoms with Gasteiger partial charge < -0.3 is 26.0 Å². The maximum atomic E-state index is 12.2. The minimum atomic E-state index is -0.196. The van der Waals surface area contributed by atoms with Gasteiger partial charge in [0.05, 0.1) is 12.7 Å². The van der Waals surface area contributed by atoms with Gasteiger partial charge in [-0.2, -0.15) is 0 Å². The van der Waals surface area contributed by atoms with E-state index in [9.17, 15) is 4.79 Å². The molecule has 1 aromatic heterocycles. The average Bonchev–Trinajstić information content (AvgIpc) is 2.76. The van der Waals surface area contributed by atoms with Crippen LogP contribution in [-0.2, 0) is 4.74 Å². The molecule has 1 unspecified atom stereocenters. The van der Waals surface area contributed by atoms with Crippen LogP contribution in [0, 0.1) is 0 Å². The van der Waals surface area contributed by atoms with Crippen LogP contribution in [0.2, 0.25) is 0 Å². The molecule has 21 heavy (non-hydrogen) atoms. The van der Waals surface area contributed by atoms with Gasteiger partial charge in [0.2, 0.25) is 0 Å². The molecule has 1 atom stereocenters. The average molecular weight is 313 g/mol. The van der Waals surface area contributed by atoms with Gasteiger partial charge >= 0.3 is 0 Å². The van der Waals surface area contributed by atoms with Gasteiger partial charge in [-0.3, -0.25) is 4.79 Å². The van der Waals surface area contributed by atoms with E-state index >= 15 is 0 Å². The summed E-state index contributed by atoms with van der Waals surface area (Å²) in [4.78, 5) is 19.0. The van der Waals surface area contributed by atoms with Crippen LogP contribution in [0.25, 0.3) is 0 Å². The fourth-order valence-corrected chi connectivity index (χ4v) is 3.03. The summed E-state index contributed by atoms with van der Waals surface area (Å²) in [7, 11) is 2.04. The van der Waals surface area contributed by atoms with Gasteiger partial charge in [0.15, 0.2) is 5.13 Å². The Morgan fingerprint density at radius 2 is 2.38 bits per heavy atom.